The molecule has 0 bridgehead atoms. The van der Waals surface area contributed by atoms with Crippen LogP contribution < -0.4 is 10.6 Å². The van der Waals surface area contributed by atoms with Crippen molar-refractivity contribution in [1.29, 1.82) is 0 Å². The molecule has 2 heterocycles. The van der Waals surface area contributed by atoms with Gasteiger partial charge in [0.15, 0.2) is 0 Å². The number of hydrogen-bond acceptors (Lipinski definition) is 4. The number of aromatic nitrogens is 1. The Morgan fingerprint density at radius 2 is 2.20 bits per heavy atom. The highest BCUT2D eigenvalue weighted by Gasteiger charge is 2.12. The average Bonchev–Trinajstić information content (AvgIpc) is 2.94. The molecule has 1 aliphatic heterocycles. The molecule has 0 spiro atoms. The van der Waals surface area contributed by atoms with E-state index in [0.717, 1.165) is 32.7 Å². The fourth-order valence-corrected chi connectivity index (χ4v) is 2.36. The van der Waals surface area contributed by atoms with Crippen LogP contribution in [0.4, 0.5) is 0 Å². The van der Waals surface area contributed by atoms with E-state index >= 15 is 0 Å². The lowest BCUT2D eigenvalue weighted by molar-refractivity contribution is 0.0935. The monoisotopic (exact) mass is 280 g/mol. The van der Waals surface area contributed by atoms with E-state index in [1.807, 2.05) is 22.9 Å². The Balaban J connectivity index is 1.75. The van der Waals surface area contributed by atoms with Crippen LogP contribution in [0, 0.1) is 0 Å². The van der Waals surface area contributed by atoms with Gasteiger partial charge in [-0.05, 0) is 12.1 Å². The molecule has 1 aromatic heterocycles. The standard InChI is InChI=1S/C14H24N4O2/c1-20-12-11-18-7-2-3-13(18)14(19)16-6-10-17-8-4-15-5-9-17/h2-3,7,15H,4-6,8-12H2,1H3,(H,16,19). The molecule has 0 aliphatic carbocycles. The topological polar surface area (TPSA) is 58.5 Å². The largest absolute Gasteiger partial charge is 0.383 e. The molecule has 1 aliphatic rings. The van der Waals surface area contributed by atoms with E-state index in [9.17, 15) is 4.79 Å². The quantitative estimate of drug-likeness (QED) is 0.724. The fourth-order valence-electron chi connectivity index (χ4n) is 2.36. The van der Waals surface area contributed by atoms with Gasteiger partial charge in [0, 0.05) is 59.1 Å². The number of hydrogen-bond donors (Lipinski definition) is 2. The van der Waals surface area contributed by atoms with E-state index in [0.29, 0.717) is 25.4 Å². The summed E-state index contributed by atoms with van der Waals surface area (Å²) in [4.78, 5) is 14.5. The van der Waals surface area contributed by atoms with Crippen molar-refractivity contribution in [2.75, 3.05) is 53.0 Å². The van der Waals surface area contributed by atoms with Crippen LogP contribution in [0.25, 0.3) is 0 Å². The van der Waals surface area contributed by atoms with Crippen LogP contribution >= 0.6 is 0 Å². The lowest BCUT2D eigenvalue weighted by atomic mass is 10.3. The number of rotatable bonds is 7. The lowest BCUT2D eigenvalue weighted by Crippen LogP contribution is -2.46. The Morgan fingerprint density at radius 1 is 1.40 bits per heavy atom. The molecule has 6 heteroatoms. The smallest absolute Gasteiger partial charge is 0.267 e. The zero-order chi connectivity index (χ0) is 14.2. The maximum atomic E-state index is 12.1. The second kappa shape index (κ2) is 8.04. The van der Waals surface area contributed by atoms with Gasteiger partial charge in [-0.25, -0.2) is 0 Å². The summed E-state index contributed by atoms with van der Waals surface area (Å²) in [6.45, 7) is 7.09. The molecule has 112 valence electrons. The van der Waals surface area contributed by atoms with Crippen LogP contribution in [0.2, 0.25) is 0 Å². The molecule has 0 saturated carbocycles. The Bertz CT molecular complexity index is 413. The van der Waals surface area contributed by atoms with E-state index in [4.69, 9.17) is 4.74 Å². The van der Waals surface area contributed by atoms with Crippen molar-refractivity contribution in [3.63, 3.8) is 0 Å². The number of carbonyl (C=O) groups is 1. The molecule has 1 saturated heterocycles. The second-order valence-electron chi connectivity index (χ2n) is 4.93. The number of nitrogens with one attached hydrogen (secondary N) is 2. The number of nitrogens with zero attached hydrogens (tertiary/aromatic N) is 2. The molecule has 0 atom stereocenters. The van der Waals surface area contributed by atoms with Gasteiger partial charge in [-0.1, -0.05) is 0 Å². The van der Waals surface area contributed by atoms with Gasteiger partial charge in [-0.2, -0.15) is 0 Å². The number of amides is 1. The first kappa shape index (κ1) is 15.0. The molecule has 0 radical (unpaired) electrons. The highest BCUT2D eigenvalue weighted by Crippen LogP contribution is 2.02. The highest BCUT2D eigenvalue weighted by molar-refractivity contribution is 5.92. The third kappa shape index (κ3) is 4.33. The van der Waals surface area contributed by atoms with Crippen molar-refractivity contribution < 1.29 is 9.53 Å². The Labute approximate surface area is 120 Å². The van der Waals surface area contributed by atoms with E-state index < -0.39 is 0 Å². The molecule has 2 rings (SSSR count). The van der Waals surface area contributed by atoms with E-state index in [1.54, 1.807) is 7.11 Å². The minimum Gasteiger partial charge on any atom is -0.383 e. The first-order valence-corrected chi connectivity index (χ1v) is 7.16. The molecule has 1 fully saturated rings. The van der Waals surface area contributed by atoms with Crippen molar-refractivity contribution in [2.45, 2.75) is 6.54 Å². The molecular formula is C14H24N4O2. The SMILES string of the molecule is COCCn1cccc1C(=O)NCCN1CCNCC1. The summed E-state index contributed by atoms with van der Waals surface area (Å²) >= 11 is 0. The summed E-state index contributed by atoms with van der Waals surface area (Å²) in [5.41, 5.74) is 0.697. The average molecular weight is 280 g/mol. The van der Waals surface area contributed by atoms with Gasteiger partial charge >= 0.3 is 0 Å². The Morgan fingerprint density at radius 3 is 2.95 bits per heavy atom. The summed E-state index contributed by atoms with van der Waals surface area (Å²) in [6, 6.07) is 3.73. The first-order valence-electron chi connectivity index (χ1n) is 7.16. The van der Waals surface area contributed by atoms with E-state index in [-0.39, 0.29) is 5.91 Å². The summed E-state index contributed by atoms with van der Waals surface area (Å²) in [6.07, 6.45) is 1.91. The van der Waals surface area contributed by atoms with Gasteiger partial charge in [-0.15, -0.1) is 0 Å². The molecule has 6 nitrogen and oxygen atoms in total. The zero-order valence-electron chi connectivity index (χ0n) is 12.1. The van der Waals surface area contributed by atoms with Crippen LogP contribution in [-0.4, -0.2) is 68.4 Å². The third-order valence-corrected chi connectivity index (χ3v) is 3.52. The van der Waals surface area contributed by atoms with Gasteiger partial charge in [-0.3, -0.25) is 9.69 Å². The van der Waals surface area contributed by atoms with Gasteiger partial charge in [0.1, 0.15) is 5.69 Å². The number of ether oxygens (including phenoxy) is 1. The van der Waals surface area contributed by atoms with Crippen LogP contribution in [0.1, 0.15) is 10.5 Å². The molecule has 0 unspecified atom stereocenters. The van der Waals surface area contributed by atoms with E-state index in [1.165, 1.54) is 0 Å². The van der Waals surface area contributed by atoms with Crippen molar-refractivity contribution in [3.05, 3.63) is 24.0 Å². The van der Waals surface area contributed by atoms with E-state index in [2.05, 4.69) is 15.5 Å². The predicted molar refractivity (Wildman–Crippen MR) is 78.0 cm³/mol. The van der Waals surface area contributed by atoms with Gasteiger partial charge < -0.3 is 19.9 Å². The maximum absolute atomic E-state index is 12.1. The zero-order valence-corrected chi connectivity index (χ0v) is 12.1. The van der Waals surface area contributed by atoms with Crippen molar-refractivity contribution >= 4 is 5.91 Å². The molecule has 20 heavy (non-hydrogen) atoms. The minimum absolute atomic E-state index is 0.0127. The van der Waals surface area contributed by atoms with Crippen LogP contribution in [0.15, 0.2) is 18.3 Å². The third-order valence-electron chi connectivity index (χ3n) is 3.52. The van der Waals surface area contributed by atoms with Crippen LogP contribution in [0.5, 0.6) is 0 Å². The fraction of sp³-hybridized carbons (Fsp3) is 0.643. The normalized spacial score (nSPS) is 16.2. The lowest BCUT2D eigenvalue weighted by Gasteiger charge is -2.27. The number of piperazine rings is 1. The predicted octanol–water partition coefficient (Wildman–Crippen LogP) is -0.230. The van der Waals surface area contributed by atoms with Crippen molar-refractivity contribution in [2.24, 2.45) is 0 Å². The van der Waals surface area contributed by atoms with Gasteiger partial charge in [0.25, 0.3) is 5.91 Å². The molecular weight excluding hydrogens is 256 g/mol. The summed E-state index contributed by atoms with van der Waals surface area (Å²) in [5, 5.41) is 6.31. The summed E-state index contributed by atoms with van der Waals surface area (Å²) in [7, 11) is 1.66. The number of methoxy groups -OCH3 is 1. The van der Waals surface area contributed by atoms with Crippen LogP contribution in [-0.2, 0) is 11.3 Å². The molecule has 1 aromatic rings. The first-order chi connectivity index (χ1) is 9.81. The minimum atomic E-state index is -0.0127. The number of carbonyl (C=O) groups excluding carboxylic acids is 1. The highest BCUT2D eigenvalue weighted by atomic mass is 16.5. The van der Waals surface area contributed by atoms with Gasteiger partial charge in [0.2, 0.25) is 0 Å². The summed E-state index contributed by atoms with van der Waals surface area (Å²) in [5.74, 6) is -0.0127. The van der Waals surface area contributed by atoms with Gasteiger partial charge in [0.05, 0.1) is 6.61 Å². The summed E-state index contributed by atoms with van der Waals surface area (Å²) < 4.78 is 6.97. The second-order valence-corrected chi connectivity index (χ2v) is 4.93. The van der Waals surface area contributed by atoms with Crippen molar-refractivity contribution in [3.8, 4) is 0 Å². The maximum Gasteiger partial charge on any atom is 0.267 e. The van der Waals surface area contributed by atoms with Crippen molar-refractivity contribution in [1.82, 2.24) is 20.1 Å². The molecule has 0 aromatic carbocycles. The molecule has 1 amide bonds. The Hall–Kier alpha value is -1.37. The Kier molecular flexibility index (Phi) is 6.04. The van der Waals surface area contributed by atoms with Crippen LogP contribution in [0.3, 0.4) is 0 Å². The molecule has 2 N–H and O–H groups in total.